The molecule has 1 aliphatic heterocycles. The van der Waals surface area contributed by atoms with Gasteiger partial charge in [-0.15, -0.1) is 0 Å². The van der Waals surface area contributed by atoms with Crippen molar-refractivity contribution in [2.24, 2.45) is 0 Å². The van der Waals surface area contributed by atoms with Gasteiger partial charge in [-0.05, 0) is 44.0 Å². The number of nitrogens with zero attached hydrogens (tertiary/aromatic N) is 1. The minimum atomic E-state index is -2.31. The highest BCUT2D eigenvalue weighted by molar-refractivity contribution is 9.10. The quantitative estimate of drug-likeness (QED) is 0.589. The van der Waals surface area contributed by atoms with Gasteiger partial charge < -0.3 is 10.1 Å². The van der Waals surface area contributed by atoms with Crippen molar-refractivity contribution in [2.75, 3.05) is 12.0 Å². The second-order valence-corrected chi connectivity index (χ2v) is 7.61. The lowest BCUT2D eigenvalue weighted by Crippen LogP contribution is -2.33. The molecule has 0 fully saturated rings. The number of halogens is 1. The van der Waals surface area contributed by atoms with E-state index in [0.717, 1.165) is 21.3 Å². The Bertz CT molecular complexity index is 632. The normalized spacial score (nSPS) is 15.3. The van der Waals surface area contributed by atoms with Gasteiger partial charge in [-0.2, -0.15) is 4.21 Å². The van der Waals surface area contributed by atoms with Crippen LogP contribution in [-0.2, 0) is 33.4 Å². The Morgan fingerprint density at radius 3 is 2.74 bits per heavy atom. The number of amides is 1. The maximum absolute atomic E-state index is 12.2. The molecule has 1 atom stereocenters. The average molecular weight is 407 g/mol. The van der Waals surface area contributed by atoms with Crippen molar-refractivity contribution in [1.29, 1.82) is 0 Å². The summed E-state index contributed by atoms with van der Waals surface area (Å²) in [5.74, 6) is 0. The molecule has 23 heavy (non-hydrogen) atoms. The SMILES string of the molecule is CC(C)(C)OC(=O)N1Cc2cc(NCOS(=O)O)cc(Br)c2C1. The fourth-order valence-corrected chi connectivity index (χ4v) is 2.97. The zero-order chi connectivity index (χ0) is 17.2. The Morgan fingerprint density at radius 1 is 1.43 bits per heavy atom. The molecule has 0 aromatic heterocycles. The van der Waals surface area contributed by atoms with Crippen LogP contribution >= 0.6 is 15.9 Å². The van der Waals surface area contributed by atoms with Crippen LogP contribution in [0.3, 0.4) is 0 Å². The van der Waals surface area contributed by atoms with E-state index in [1.807, 2.05) is 32.9 Å². The number of benzene rings is 1. The van der Waals surface area contributed by atoms with E-state index in [1.54, 1.807) is 4.90 Å². The number of hydrogen-bond donors (Lipinski definition) is 2. The fourth-order valence-electron chi connectivity index (χ4n) is 2.18. The summed E-state index contributed by atoms with van der Waals surface area (Å²) in [4.78, 5) is 13.8. The molecule has 2 rings (SSSR count). The predicted octanol–water partition coefficient (Wildman–Crippen LogP) is 3.22. The zero-order valence-electron chi connectivity index (χ0n) is 13.1. The van der Waals surface area contributed by atoms with Gasteiger partial charge in [0, 0.05) is 16.7 Å². The van der Waals surface area contributed by atoms with E-state index in [0.29, 0.717) is 13.1 Å². The molecule has 7 nitrogen and oxygen atoms in total. The monoisotopic (exact) mass is 406 g/mol. The van der Waals surface area contributed by atoms with Crippen molar-refractivity contribution < 1.29 is 22.5 Å². The second-order valence-electron chi connectivity index (χ2n) is 6.09. The van der Waals surface area contributed by atoms with Gasteiger partial charge in [0.25, 0.3) is 0 Å². The van der Waals surface area contributed by atoms with Crippen LogP contribution in [0.25, 0.3) is 0 Å². The molecule has 0 saturated carbocycles. The zero-order valence-corrected chi connectivity index (χ0v) is 15.5. The van der Waals surface area contributed by atoms with Crippen LogP contribution < -0.4 is 5.32 Å². The number of anilines is 1. The molecule has 1 amide bonds. The highest BCUT2D eigenvalue weighted by atomic mass is 79.9. The number of nitrogens with one attached hydrogen (secondary N) is 1. The molecular weight excluding hydrogens is 388 g/mol. The van der Waals surface area contributed by atoms with Crippen LogP contribution in [0.5, 0.6) is 0 Å². The van der Waals surface area contributed by atoms with Crippen molar-refractivity contribution in [2.45, 2.75) is 39.5 Å². The van der Waals surface area contributed by atoms with Crippen LogP contribution in [0.15, 0.2) is 16.6 Å². The number of ether oxygens (including phenoxy) is 1. The molecule has 1 unspecified atom stereocenters. The first kappa shape index (κ1) is 18.2. The van der Waals surface area contributed by atoms with E-state index in [4.69, 9.17) is 9.29 Å². The fraction of sp³-hybridized carbons (Fsp3) is 0.500. The summed E-state index contributed by atoms with van der Waals surface area (Å²) in [6, 6.07) is 3.72. The number of rotatable bonds is 4. The van der Waals surface area contributed by atoms with Gasteiger partial charge in [-0.3, -0.25) is 9.45 Å². The Morgan fingerprint density at radius 2 is 2.13 bits per heavy atom. The molecule has 0 saturated heterocycles. The minimum Gasteiger partial charge on any atom is -0.444 e. The van der Waals surface area contributed by atoms with Gasteiger partial charge in [-0.25, -0.2) is 8.98 Å². The van der Waals surface area contributed by atoms with E-state index in [-0.39, 0.29) is 12.8 Å². The molecule has 1 aromatic carbocycles. The molecule has 1 heterocycles. The third-order valence-corrected chi connectivity index (χ3v) is 4.11. The molecule has 2 N–H and O–H groups in total. The van der Waals surface area contributed by atoms with Crippen molar-refractivity contribution in [1.82, 2.24) is 4.90 Å². The molecule has 0 spiro atoms. The number of carbonyl (C=O) groups is 1. The first-order chi connectivity index (χ1) is 10.7. The van der Waals surface area contributed by atoms with Gasteiger partial charge in [-0.1, -0.05) is 15.9 Å². The van der Waals surface area contributed by atoms with Crippen molar-refractivity contribution in [3.63, 3.8) is 0 Å². The average Bonchev–Trinajstić information content (AvgIpc) is 2.81. The molecule has 1 aliphatic rings. The summed E-state index contributed by atoms with van der Waals surface area (Å²) in [6.45, 7) is 6.32. The Labute approximate surface area is 145 Å². The van der Waals surface area contributed by atoms with Gasteiger partial charge >= 0.3 is 17.5 Å². The van der Waals surface area contributed by atoms with Crippen molar-refractivity contribution in [3.8, 4) is 0 Å². The largest absolute Gasteiger partial charge is 0.444 e. The topological polar surface area (TPSA) is 88.1 Å². The predicted molar refractivity (Wildman–Crippen MR) is 90.0 cm³/mol. The smallest absolute Gasteiger partial charge is 0.410 e. The van der Waals surface area contributed by atoms with Crippen LogP contribution in [0.2, 0.25) is 0 Å². The van der Waals surface area contributed by atoms with Crippen LogP contribution in [0.4, 0.5) is 10.5 Å². The summed E-state index contributed by atoms with van der Waals surface area (Å²) in [5.41, 5.74) is 2.20. The van der Waals surface area contributed by atoms with Gasteiger partial charge in [0.15, 0.2) is 0 Å². The van der Waals surface area contributed by atoms with Crippen molar-refractivity contribution >= 4 is 39.1 Å². The first-order valence-corrected chi connectivity index (χ1v) is 8.75. The van der Waals surface area contributed by atoms with E-state index in [9.17, 15) is 9.00 Å². The molecule has 128 valence electrons. The van der Waals surface area contributed by atoms with E-state index in [1.165, 1.54) is 0 Å². The lowest BCUT2D eigenvalue weighted by atomic mass is 10.1. The molecule has 0 bridgehead atoms. The summed E-state index contributed by atoms with van der Waals surface area (Å²) in [6.07, 6.45) is -0.353. The van der Waals surface area contributed by atoms with Crippen LogP contribution in [0.1, 0.15) is 31.9 Å². The molecular formula is C14H19BrN2O5S. The lowest BCUT2D eigenvalue weighted by molar-refractivity contribution is 0.0241. The summed E-state index contributed by atoms with van der Waals surface area (Å²) >= 11 is 1.18. The molecule has 1 aromatic rings. The van der Waals surface area contributed by atoms with Crippen LogP contribution in [0, 0.1) is 0 Å². The van der Waals surface area contributed by atoms with Gasteiger partial charge in [0.1, 0.15) is 12.3 Å². The highest BCUT2D eigenvalue weighted by Crippen LogP contribution is 2.33. The summed E-state index contributed by atoms with van der Waals surface area (Å²) in [7, 11) is 0. The summed E-state index contributed by atoms with van der Waals surface area (Å²) < 4.78 is 29.8. The number of carbonyl (C=O) groups excluding carboxylic acids is 1. The maximum atomic E-state index is 12.2. The van der Waals surface area contributed by atoms with Crippen molar-refractivity contribution in [3.05, 3.63) is 27.7 Å². The molecule has 0 radical (unpaired) electrons. The third kappa shape index (κ3) is 5.17. The number of fused-ring (bicyclic) bond motifs is 1. The third-order valence-electron chi connectivity index (χ3n) is 3.09. The Hall–Kier alpha value is -1.16. The van der Waals surface area contributed by atoms with Gasteiger partial charge in [0.2, 0.25) is 0 Å². The molecule has 0 aliphatic carbocycles. The highest BCUT2D eigenvalue weighted by Gasteiger charge is 2.29. The maximum Gasteiger partial charge on any atom is 0.410 e. The number of hydrogen-bond acceptors (Lipinski definition) is 5. The minimum absolute atomic E-state index is 0.0931. The second kappa shape index (κ2) is 7.16. The van der Waals surface area contributed by atoms with Gasteiger partial charge in [0.05, 0.1) is 6.54 Å². The lowest BCUT2D eigenvalue weighted by Gasteiger charge is -2.24. The van der Waals surface area contributed by atoms with Crippen LogP contribution in [-0.4, -0.2) is 32.1 Å². The Kier molecular flexibility index (Phi) is 5.66. The van der Waals surface area contributed by atoms with E-state index >= 15 is 0 Å². The van der Waals surface area contributed by atoms with E-state index < -0.39 is 17.0 Å². The van der Waals surface area contributed by atoms with E-state index in [2.05, 4.69) is 25.4 Å². The Balaban J connectivity index is 2.06. The molecule has 9 heteroatoms. The first-order valence-electron chi connectivity index (χ1n) is 6.93. The summed E-state index contributed by atoms with van der Waals surface area (Å²) in [5, 5.41) is 2.89. The standard InChI is InChI=1S/C14H19BrN2O5S/c1-14(2,3)22-13(18)17-6-9-4-10(16-8-21-23(19)20)5-12(15)11(9)7-17/h4-5,16H,6-8H2,1-3H3,(H,19,20).